The summed E-state index contributed by atoms with van der Waals surface area (Å²) in [6, 6.07) is 7.36. The van der Waals surface area contributed by atoms with E-state index in [-0.39, 0.29) is 5.60 Å². The quantitative estimate of drug-likeness (QED) is 0.735. The second kappa shape index (κ2) is 8.19. The number of hydrogen-bond acceptors (Lipinski definition) is 4. The van der Waals surface area contributed by atoms with E-state index >= 15 is 0 Å². The average Bonchev–Trinajstić information content (AvgIpc) is 2.89. The number of hydrogen-bond donors (Lipinski definition) is 1. The average molecular weight is 395 g/mol. The van der Waals surface area contributed by atoms with Crippen LogP contribution in [0.5, 0.6) is 0 Å². The zero-order valence-corrected chi connectivity index (χ0v) is 17.9. The maximum atomic E-state index is 12.3. The van der Waals surface area contributed by atoms with Gasteiger partial charge in [0.05, 0.1) is 4.90 Å². The molecule has 1 N–H and O–H groups in total. The third-order valence-electron chi connectivity index (χ3n) is 6.91. The van der Waals surface area contributed by atoms with E-state index in [1.165, 1.54) is 19.9 Å². The molecule has 1 aliphatic heterocycles. The molecule has 0 radical (unpaired) electrons. The van der Waals surface area contributed by atoms with E-state index in [1.807, 2.05) is 18.2 Å². The van der Waals surface area contributed by atoms with Crippen LogP contribution in [-0.4, -0.2) is 47.1 Å². The third kappa shape index (κ3) is 3.69. The van der Waals surface area contributed by atoms with Gasteiger partial charge in [-0.05, 0) is 43.5 Å². The number of fused-ring (bicyclic) bond motifs is 2. The summed E-state index contributed by atoms with van der Waals surface area (Å²) in [6.45, 7) is 7.78. The van der Waals surface area contributed by atoms with Gasteiger partial charge in [-0.3, -0.25) is 0 Å². The lowest BCUT2D eigenvalue weighted by Crippen LogP contribution is -2.53. The van der Waals surface area contributed by atoms with Crippen LogP contribution in [0.3, 0.4) is 0 Å². The molecular weight excluding hydrogens is 360 g/mol. The molecule has 2 bridgehead atoms. The second-order valence-corrected chi connectivity index (χ2v) is 9.99. The van der Waals surface area contributed by atoms with Crippen LogP contribution in [0.15, 0.2) is 29.2 Å². The molecule has 1 saturated carbocycles. The minimum atomic E-state index is -3.46. The summed E-state index contributed by atoms with van der Waals surface area (Å²) in [5.41, 5.74) is 0.639. The van der Waals surface area contributed by atoms with Gasteiger partial charge in [-0.1, -0.05) is 38.8 Å². The van der Waals surface area contributed by atoms with Crippen LogP contribution in [0.25, 0.3) is 0 Å². The summed E-state index contributed by atoms with van der Waals surface area (Å²) in [5, 5.41) is 0. The molecule has 152 valence electrons. The first-order chi connectivity index (χ1) is 12.9. The molecule has 3 rings (SSSR count). The van der Waals surface area contributed by atoms with Crippen LogP contribution in [0.4, 0.5) is 0 Å². The number of benzene rings is 1. The van der Waals surface area contributed by atoms with E-state index in [1.54, 1.807) is 13.2 Å². The number of nitrogens with one attached hydrogen (secondary N) is 1. The van der Waals surface area contributed by atoms with Crippen molar-refractivity contribution in [3.05, 3.63) is 29.8 Å². The predicted octanol–water partition coefficient (Wildman–Crippen LogP) is 3.21. The van der Waals surface area contributed by atoms with Crippen LogP contribution in [0.1, 0.15) is 45.1 Å². The Morgan fingerprint density at radius 2 is 1.85 bits per heavy atom. The van der Waals surface area contributed by atoms with Crippen LogP contribution in [0, 0.1) is 17.8 Å². The molecule has 6 heteroatoms. The largest absolute Gasteiger partial charge is 0.373 e. The Morgan fingerprint density at radius 1 is 1.22 bits per heavy atom. The lowest BCUT2D eigenvalue weighted by Gasteiger charge is -2.48. The van der Waals surface area contributed by atoms with Gasteiger partial charge in [-0.2, -0.15) is 0 Å². The first-order valence-electron chi connectivity index (χ1n) is 10.2. The number of ether oxygens (including phenoxy) is 1. The molecule has 2 aliphatic rings. The Balaban J connectivity index is 1.90. The van der Waals surface area contributed by atoms with Gasteiger partial charge < -0.3 is 9.64 Å². The van der Waals surface area contributed by atoms with Gasteiger partial charge in [0.25, 0.3) is 0 Å². The highest BCUT2D eigenvalue weighted by Crippen LogP contribution is 2.53. The maximum absolute atomic E-state index is 12.3. The Labute approximate surface area is 164 Å². The van der Waals surface area contributed by atoms with Crippen molar-refractivity contribution in [1.82, 2.24) is 9.62 Å². The number of methoxy groups -OCH3 is 1. The number of nitrogens with zero attached hydrogens (tertiary/aromatic N) is 1. The van der Waals surface area contributed by atoms with Crippen LogP contribution in [-0.2, 0) is 20.4 Å². The molecule has 1 aromatic carbocycles. The first-order valence-corrected chi connectivity index (χ1v) is 11.7. The summed E-state index contributed by atoms with van der Waals surface area (Å²) >= 11 is 0. The van der Waals surface area contributed by atoms with Gasteiger partial charge in [0, 0.05) is 38.6 Å². The highest BCUT2D eigenvalue weighted by Gasteiger charge is 2.55. The highest BCUT2D eigenvalue weighted by molar-refractivity contribution is 7.89. The highest BCUT2D eigenvalue weighted by atomic mass is 32.2. The molecule has 2 unspecified atom stereocenters. The number of likely N-dealkylation sites (tertiary alicyclic amines) is 1. The number of sulfonamides is 1. The maximum Gasteiger partial charge on any atom is 0.240 e. The fourth-order valence-corrected chi connectivity index (χ4v) is 6.10. The lowest BCUT2D eigenvalue weighted by atomic mass is 9.74. The standard InChI is InChI=1S/C21H34N2O3S/c1-5-16(6-2)13-23-14-18-10-11-19(15-23)21(18,26-4)17-8-7-9-20(12-17)27(24,25)22-3/h7-9,12,16,18-19,22H,5-6,10-11,13-15H2,1-4H3. The molecule has 1 saturated heterocycles. The second-order valence-electron chi connectivity index (χ2n) is 8.10. The van der Waals surface area contributed by atoms with Gasteiger partial charge in [-0.25, -0.2) is 13.1 Å². The molecular formula is C21H34N2O3S. The monoisotopic (exact) mass is 394 g/mol. The molecule has 0 amide bonds. The molecule has 1 aliphatic carbocycles. The fraction of sp³-hybridized carbons (Fsp3) is 0.714. The topological polar surface area (TPSA) is 58.6 Å². The smallest absolute Gasteiger partial charge is 0.240 e. The number of piperidine rings is 1. The summed E-state index contributed by atoms with van der Waals surface area (Å²) in [6.07, 6.45) is 4.73. The summed E-state index contributed by atoms with van der Waals surface area (Å²) < 4.78 is 33.2. The Bertz CT molecular complexity index is 732. The van der Waals surface area contributed by atoms with Gasteiger partial charge in [0.1, 0.15) is 5.60 Å². The predicted molar refractivity (Wildman–Crippen MR) is 108 cm³/mol. The molecule has 27 heavy (non-hydrogen) atoms. The molecule has 0 spiro atoms. The van der Waals surface area contributed by atoms with Crippen LogP contribution >= 0.6 is 0 Å². The van der Waals surface area contributed by atoms with Crippen LogP contribution in [0.2, 0.25) is 0 Å². The van der Waals surface area contributed by atoms with Crippen molar-refractivity contribution >= 4 is 10.0 Å². The van der Waals surface area contributed by atoms with Gasteiger partial charge in [-0.15, -0.1) is 0 Å². The van der Waals surface area contributed by atoms with Gasteiger partial charge in [0.2, 0.25) is 10.0 Å². The zero-order chi connectivity index (χ0) is 19.7. The van der Waals surface area contributed by atoms with E-state index in [2.05, 4.69) is 23.5 Å². The van der Waals surface area contributed by atoms with Crippen LogP contribution < -0.4 is 4.72 Å². The zero-order valence-electron chi connectivity index (χ0n) is 17.1. The first kappa shape index (κ1) is 20.8. The van der Waals surface area contributed by atoms with E-state index < -0.39 is 10.0 Å². The molecule has 0 aromatic heterocycles. The van der Waals surface area contributed by atoms with Crippen molar-refractivity contribution in [1.29, 1.82) is 0 Å². The van der Waals surface area contributed by atoms with E-state index in [0.29, 0.717) is 16.7 Å². The van der Waals surface area contributed by atoms with Crippen molar-refractivity contribution in [3.63, 3.8) is 0 Å². The molecule has 1 heterocycles. The summed E-state index contributed by atoms with van der Waals surface area (Å²) in [7, 11) is -0.213. The van der Waals surface area contributed by atoms with Crippen molar-refractivity contribution in [2.45, 2.75) is 50.0 Å². The Hall–Kier alpha value is -0.950. The minimum Gasteiger partial charge on any atom is -0.373 e. The lowest BCUT2D eigenvalue weighted by molar-refractivity contribution is -0.120. The fourth-order valence-electron chi connectivity index (χ4n) is 5.32. The van der Waals surface area contributed by atoms with Gasteiger partial charge >= 0.3 is 0 Å². The van der Waals surface area contributed by atoms with E-state index in [0.717, 1.165) is 44.0 Å². The SMILES string of the molecule is CCC(CC)CN1CC2CCC(C1)C2(OC)c1cccc(S(=O)(=O)NC)c1. The minimum absolute atomic E-state index is 0.317. The third-order valence-corrected chi connectivity index (χ3v) is 8.32. The Morgan fingerprint density at radius 3 is 2.37 bits per heavy atom. The molecule has 1 aromatic rings. The normalized spacial score (nSPS) is 28.8. The Kier molecular flexibility index (Phi) is 6.31. The van der Waals surface area contributed by atoms with Crippen molar-refractivity contribution in [2.75, 3.05) is 33.8 Å². The molecule has 5 nitrogen and oxygen atoms in total. The molecule has 2 fully saturated rings. The summed E-state index contributed by atoms with van der Waals surface area (Å²) in [5.74, 6) is 1.56. The van der Waals surface area contributed by atoms with Crippen molar-refractivity contribution in [2.24, 2.45) is 17.8 Å². The molecule has 2 atom stereocenters. The van der Waals surface area contributed by atoms with Crippen molar-refractivity contribution in [3.8, 4) is 0 Å². The summed E-state index contributed by atoms with van der Waals surface area (Å²) in [4.78, 5) is 2.93. The number of rotatable bonds is 8. The van der Waals surface area contributed by atoms with Gasteiger partial charge in [0.15, 0.2) is 0 Å². The van der Waals surface area contributed by atoms with Crippen molar-refractivity contribution < 1.29 is 13.2 Å². The van der Waals surface area contributed by atoms with E-state index in [4.69, 9.17) is 4.74 Å². The van der Waals surface area contributed by atoms with E-state index in [9.17, 15) is 8.42 Å².